The van der Waals surface area contributed by atoms with Crippen LogP contribution in [0.25, 0.3) is 10.2 Å². The summed E-state index contributed by atoms with van der Waals surface area (Å²) in [5, 5.41) is 6.51. The largest absolute Gasteiger partial charge is 0.497 e. The van der Waals surface area contributed by atoms with E-state index in [1.165, 1.54) is 11.3 Å². The van der Waals surface area contributed by atoms with Crippen LogP contribution in [0.4, 0.5) is 9.93 Å². The van der Waals surface area contributed by atoms with Crippen molar-refractivity contribution in [1.29, 1.82) is 0 Å². The Balaban J connectivity index is 1.64. The first-order chi connectivity index (χ1) is 19.3. The van der Waals surface area contributed by atoms with E-state index in [0.29, 0.717) is 24.5 Å². The molecule has 1 aromatic heterocycles. The maximum atomic E-state index is 13.5. The number of carbonyl (C=O) groups excluding carboxylic acids is 3. The van der Waals surface area contributed by atoms with Gasteiger partial charge in [-0.1, -0.05) is 42.5 Å². The molecule has 2 aromatic carbocycles. The Hall–Kier alpha value is -3.90. The molecule has 1 fully saturated rings. The molecule has 0 bridgehead atoms. The standard InChI is InChI=1S/C28H37N7O4S/c1-5-13-33(28(38)30-3)34-17-25(37)35(19(2)14-20-9-11-22(39-4)12-10-20)24(34)16-32(18-36)15-21-7-6-8-23-26(21)31-27(29)40-23/h6-12,18-19,24H,5,13-17H2,1-4H3,(H2,29,31)(H,30,38)/t19-,24-/m1/s1. The predicted molar refractivity (Wildman–Crippen MR) is 155 cm³/mol. The fourth-order valence-electron chi connectivity index (χ4n) is 5.22. The summed E-state index contributed by atoms with van der Waals surface area (Å²) >= 11 is 1.40. The van der Waals surface area contributed by atoms with Crippen LogP contribution in [0.3, 0.4) is 0 Å². The lowest BCUT2D eigenvalue weighted by molar-refractivity contribution is -0.132. The number of nitrogen functional groups attached to an aromatic ring is 1. The molecule has 40 heavy (non-hydrogen) atoms. The molecule has 0 unspecified atom stereocenters. The Morgan fingerprint density at radius 3 is 2.70 bits per heavy atom. The minimum absolute atomic E-state index is 0.0376. The van der Waals surface area contributed by atoms with Crippen molar-refractivity contribution in [3.05, 3.63) is 53.6 Å². The van der Waals surface area contributed by atoms with Crippen molar-refractivity contribution in [3.8, 4) is 5.75 Å². The van der Waals surface area contributed by atoms with Crippen molar-refractivity contribution in [1.82, 2.24) is 30.1 Å². The average Bonchev–Trinajstić information content (AvgIpc) is 3.50. The summed E-state index contributed by atoms with van der Waals surface area (Å²) in [7, 11) is 3.19. The third-order valence-electron chi connectivity index (χ3n) is 7.05. The maximum Gasteiger partial charge on any atom is 0.331 e. The monoisotopic (exact) mass is 567 g/mol. The highest BCUT2D eigenvalue weighted by Crippen LogP contribution is 2.29. The zero-order valence-corrected chi connectivity index (χ0v) is 24.2. The number of nitrogens with one attached hydrogen (secondary N) is 1. The summed E-state index contributed by atoms with van der Waals surface area (Å²) in [6, 6.07) is 13.0. The number of fused-ring (bicyclic) bond motifs is 1. The van der Waals surface area contributed by atoms with E-state index < -0.39 is 6.17 Å². The number of nitrogens with zero attached hydrogens (tertiary/aromatic N) is 5. The number of methoxy groups -OCH3 is 1. The zero-order valence-electron chi connectivity index (χ0n) is 23.4. The van der Waals surface area contributed by atoms with Crippen molar-refractivity contribution >= 4 is 45.0 Å². The number of aromatic nitrogens is 1. The van der Waals surface area contributed by atoms with E-state index in [9.17, 15) is 14.4 Å². The third-order valence-corrected chi connectivity index (χ3v) is 7.90. The summed E-state index contributed by atoms with van der Waals surface area (Å²) in [4.78, 5) is 46.7. The van der Waals surface area contributed by atoms with Gasteiger partial charge in [0.25, 0.3) is 0 Å². The van der Waals surface area contributed by atoms with Gasteiger partial charge in [-0.2, -0.15) is 5.01 Å². The summed E-state index contributed by atoms with van der Waals surface area (Å²) < 4.78 is 6.22. The summed E-state index contributed by atoms with van der Waals surface area (Å²) in [6.45, 7) is 4.93. The molecule has 1 saturated heterocycles. The summed E-state index contributed by atoms with van der Waals surface area (Å²) in [5.74, 6) is 0.660. The number of ether oxygens (including phenoxy) is 1. The van der Waals surface area contributed by atoms with Crippen LogP contribution < -0.4 is 15.8 Å². The van der Waals surface area contributed by atoms with E-state index in [1.807, 2.05) is 56.3 Å². The lowest BCUT2D eigenvalue weighted by Crippen LogP contribution is -2.58. The average molecular weight is 568 g/mol. The van der Waals surface area contributed by atoms with Gasteiger partial charge in [0.05, 0.1) is 30.4 Å². The van der Waals surface area contributed by atoms with Crippen molar-refractivity contribution in [3.63, 3.8) is 0 Å². The molecular formula is C28H37N7O4S. The smallest absolute Gasteiger partial charge is 0.331 e. The molecule has 0 spiro atoms. The molecule has 2 atom stereocenters. The van der Waals surface area contributed by atoms with Crippen LogP contribution in [0, 0.1) is 0 Å². The molecule has 1 aliphatic rings. The number of hydrazine groups is 1. The van der Waals surface area contributed by atoms with E-state index in [4.69, 9.17) is 10.5 Å². The maximum absolute atomic E-state index is 13.5. The number of anilines is 1. The van der Waals surface area contributed by atoms with Gasteiger partial charge in [-0.25, -0.2) is 9.78 Å². The Labute approximate surface area is 238 Å². The minimum Gasteiger partial charge on any atom is -0.497 e. The first-order valence-electron chi connectivity index (χ1n) is 13.3. The molecule has 0 saturated carbocycles. The number of benzene rings is 2. The highest BCUT2D eigenvalue weighted by molar-refractivity contribution is 7.22. The third kappa shape index (κ3) is 6.28. The molecule has 2 heterocycles. The molecule has 0 radical (unpaired) electrons. The van der Waals surface area contributed by atoms with E-state index in [0.717, 1.165) is 33.5 Å². The molecule has 3 aromatic rings. The number of nitrogens with two attached hydrogens (primary N) is 1. The Bertz CT molecular complexity index is 1330. The summed E-state index contributed by atoms with van der Waals surface area (Å²) in [5.41, 5.74) is 8.62. The fourth-order valence-corrected chi connectivity index (χ4v) is 6.00. The Kier molecular flexibility index (Phi) is 9.43. The number of thiazole rings is 1. The lowest BCUT2D eigenvalue weighted by atomic mass is 10.1. The number of hydrogen-bond donors (Lipinski definition) is 2. The molecular weight excluding hydrogens is 530 g/mol. The van der Waals surface area contributed by atoms with Crippen molar-refractivity contribution < 1.29 is 19.1 Å². The van der Waals surface area contributed by atoms with Gasteiger partial charge in [0.15, 0.2) is 5.13 Å². The number of hydrogen-bond acceptors (Lipinski definition) is 8. The Morgan fingerprint density at radius 1 is 1.30 bits per heavy atom. The quantitative estimate of drug-likeness (QED) is 0.323. The van der Waals surface area contributed by atoms with Crippen LogP contribution in [-0.2, 0) is 22.6 Å². The second kappa shape index (κ2) is 13.0. The molecule has 3 N–H and O–H groups in total. The van der Waals surface area contributed by atoms with Crippen LogP contribution >= 0.6 is 11.3 Å². The second-order valence-electron chi connectivity index (χ2n) is 9.81. The number of para-hydroxylation sites is 1. The van der Waals surface area contributed by atoms with E-state index >= 15 is 0 Å². The molecule has 214 valence electrons. The molecule has 11 nitrogen and oxygen atoms in total. The highest BCUT2D eigenvalue weighted by atomic mass is 32.1. The predicted octanol–water partition coefficient (Wildman–Crippen LogP) is 2.91. The molecule has 0 aliphatic carbocycles. The molecule has 4 rings (SSSR count). The number of urea groups is 1. The molecule has 1 aliphatic heterocycles. The second-order valence-corrected chi connectivity index (χ2v) is 10.9. The lowest BCUT2D eigenvalue weighted by Gasteiger charge is -2.40. The number of rotatable bonds is 12. The van der Waals surface area contributed by atoms with E-state index in [2.05, 4.69) is 10.3 Å². The summed E-state index contributed by atoms with van der Waals surface area (Å²) in [6.07, 6.45) is 1.55. The van der Waals surface area contributed by atoms with E-state index in [-0.39, 0.29) is 37.6 Å². The number of amides is 4. The van der Waals surface area contributed by atoms with Gasteiger partial charge < -0.3 is 25.6 Å². The van der Waals surface area contributed by atoms with Crippen LogP contribution in [0.2, 0.25) is 0 Å². The van der Waals surface area contributed by atoms with Crippen LogP contribution in [0.5, 0.6) is 5.75 Å². The van der Waals surface area contributed by atoms with Gasteiger partial charge in [-0.15, -0.1) is 0 Å². The van der Waals surface area contributed by atoms with Gasteiger partial charge >= 0.3 is 6.03 Å². The SMILES string of the molecule is CCCN(C(=O)NC)N1CC(=O)N([C@H](C)Cc2ccc(OC)cc2)[C@@H]1CN(C=O)Cc1cccc2sc(N)nc12. The van der Waals surface area contributed by atoms with Gasteiger partial charge in [-0.3, -0.25) is 14.6 Å². The van der Waals surface area contributed by atoms with Gasteiger partial charge in [0.1, 0.15) is 11.9 Å². The first kappa shape index (κ1) is 29.1. The number of carbonyl (C=O) groups is 3. The van der Waals surface area contributed by atoms with Crippen LogP contribution in [0.15, 0.2) is 42.5 Å². The van der Waals surface area contributed by atoms with Crippen molar-refractivity contribution in [2.24, 2.45) is 0 Å². The highest BCUT2D eigenvalue weighted by Gasteiger charge is 2.44. The molecule has 12 heteroatoms. The topological polar surface area (TPSA) is 124 Å². The normalized spacial score (nSPS) is 16.2. The van der Waals surface area contributed by atoms with Gasteiger partial charge in [0.2, 0.25) is 12.3 Å². The van der Waals surface area contributed by atoms with Gasteiger partial charge in [-0.05, 0) is 49.1 Å². The van der Waals surface area contributed by atoms with E-state index in [1.54, 1.807) is 34.0 Å². The van der Waals surface area contributed by atoms with Crippen LogP contribution in [-0.4, -0.2) is 89.1 Å². The van der Waals surface area contributed by atoms with Crippen LogP contribution in [0.1, 0.15) is 31.4 Å². The first-order valence-corrected chi connectivity index (χ1v) is 14.1. The zero-order chi connectivity index (χ0) is 28.8. The van der Waals surface area contributed by atoms with Gasteiger partial charge in [0, 0.05) is 26.2 Å². The minimum atomic E-state index is -0.547. The van der Waals surface area contributed by atoms with Crippen molar-refractivity contribution in [2.45, 2.75) is 45.4 Å². The fraction of sp³-hybridized carbons (Fsp3) is 0.429. The molecule has 4 amide bonds. The Morgan fingerprint density at radius 2 is 2.05 bits per heavy atom. The van der Waals surface area contributed by atoms with Crippen molar-refractivity contribution in [2.75, 3.05) is 39.5 Å².